The van der Waals surface area contributed by atoms with E-state index in [9.17, 15) is 19.8 Å². The van der Waals surface area contributed by atoms with Gasteiger partial charge in [-0.05, 0) is 36.1 Å². The second-order valence-corrected chi connectivity index (χ2v) is 7.93. The van der Waals surface area contributed by atoms with E-state index >= 15 is 0 Å². The summed E-state index contributed by atoms with van der Waals surface area (Å²) in [6, 6.07) is 9.11. The Balaban J connectivity index is 2.19. The number of carboxylic acid groups (broad SMARTS) is 1. The van der Waals surface area contributed by atoms with Crippen LogP contribution in [0.4, 0.5) is 0 Å². The van der Waals surface area contributed by atoms with Crippen molar-refractivity contribution in [3.05, 3.63) is 56.7 Å². The SMILES string of the molecule is COc1ccc(Cn2c(=O)c(O)c(C(=O)O)c3sc(CC(C)C)cc32)cc1. The minimum Gasteiger partial charge on any atom is -0.502 e. The fourth-order valence-electron chi connectivity index (χ4n) is 3.03. The zero-order valence-electron chi connectivity index (χ0n) is 15.4. The minimum absolute atomic E-state index is 0.227. The summed E-state index contributed by atoms with van der Waals surface area (Å²) < 4.78 is 6.99. The van der Waals surface area contributed by atoms with Gasteiger partial charge in [0.1, 0.15) is 11.3 Å². The first-order chi connectivity index (χ1) is 12.8. The van der Waals surface area contributed by atoms with Crippen molar-refractivity contribution in [3.8, 4) is 11.5 Å². The molecule has 3 rings (SSSR count). The Bertz CT molecular complexity index is 1050. The molecule has 0 amide bonds. The highest BCUT2D eigenvalue weighted by Crippen LogP contribution is 2.33. The van der Waals surface area contributed by atoms with Crippen LogP contribution in [0.2, 0.25) is 0 Å². The number of benzene rings is 1. The molecule has 6 nitrogen and oxygen atoms in total. The summed E-state index contributed by atoms with van der Waals surface area (Å²) in [7, 11) is 1.58. The molecule has 2 aromatic heterocycles. The lowest BCUT2D eigenvalue weighted by atomic mass is 10.1. The first-order valence-electron chi connectivity index (χ1n) is 8.56. The molecule has 2 N–H and O–H groups in total. The first-order valence-corrected chi connectivity index (χ1v) is 9.37. The summed E-state index contributed by atoms with van der Waals surface area (Å²) in [5.41, 5.74) is 0.357. The van der Waals surface area contributed by atoms with E-state index in [0.29, 0.717) is 21.9 Å². The van der Waals surface area contributed by atoms with E-state index in [0.717, 1.165) is 16.9 Å². The lowest BCUT2D eigenvalue weighted by Gasteiger charge is -2.11. The van der Waals surface area contributed by atoms with Crippen LogP contribution in [0.15, 0.2) is 35.1 Å². The summed E-state index contributed by atoms with van der Waals surface area (Å²) >= 11 is 1.31. The predicted octanol–water partition coefficient (Wildman–Crippen LogP) is 3.72. The van der Waals surface area contributed by atoms with Gasteiger partial charge in [-0.1, -0.05) is 26.0 Å². The van der Waals surface area contributed by atoms with Gasteiger partial charge < -0.3 is 14.9 Å². The van der Waals surface area contributed by atoms with Crippen molar-refractivity contribution in [2.24, 2.45) is 5.92 Å². The topological polar surface area (TPSA) is 88.8 Å². The first kappa shape index (κ1) is 19.0. The molecular formula is C20H21NO5S. The molecule has 0 radical (unpaired) electrons. The molecule has 1 aromatic carbocycles. The van der Waals surface area contributed by atoms with E-state index in [1.165, 1.54) is 15.9 Å². The van der Waals surface area contributed by atoms with Gasteiger partial charge in [-0.2, -0.15) is 0 Å². The molecule has 7 heteroatoms. The van der Waals surface area contributed by atoms with Gasteiger partial charge in [-0.3, -0.25) is 9.36 Å². The molecule has 0 bridgehead atoms. The average molecular weight is 387 g/mol. The fraction of sp³-hybridized carbons (Fsp3) is 0.300. The Hall–Kier alpha value is -2.80. The molecular weight excluding hydrogens is 366 g/mol. The molecule has 0 saturated carbocycles. The van der Waals surface area contributed by atoms with Crippen molar-refractivity contribution >= 4 is 27.5 Å². The lowest BCUT2D eigenvalue weighted by molar-refractivity contribution is 0.0695. The second kappa shape index (κ2) is 7.44. The Morgan fingerprint density at radius 2 is 1.93 bits per heavy atom. The number of carbonyl (C=O) groups is 1. The van der Waals surface area contributed by atoms with E-state index in [1.54, 1.807) is 19.2 Å². The van der Waals surface area contributed by atoms with Crippen LogP contribution in [0.1, 0.15) is 34.6 Å². The van der Waals surface area contributed by atoms with Gasteiger partial charge >= 0.3 is 5.97 Å². The van der Waals surface area contributed by atoms with Crippen LogP contribution >= 0.6 is 11.3 Å². The van der Waals surface area contributed by atoms with Crippen LogP contribution in [0.25, 0.3) is 10.2 Å². The van der Waals surface area contributed by atoms with Crippen molar-refractivity contribution < 1.29 is 19.7 Å². The van der Waals surface area contributed by atoms with E-state index < -0.39 is 17.3 Å². The number of thiophene rings is 1. The molecule has 3 aromatic rings. The van der Waals surface area contributed by atoms with Crippen LogP contribution in [0.3, 0.4) is 0 Å². The molecule has 27 heavy (non-hydrogen) atoms. The van der Waals surface area contributed by atoms with Crippen LogP contribution in [0.5, 0.6) is 11.5 Å². The quantitative estimate of drug-likeness (QED) is 0.673. The number of rotatable bonds is 6. The molecule has 142 valence electrons. The summed E-state index contributed by atoms with van der Waals surface area (Å²) in [6.07, 6.45) is 0.774. The maximum absolute atomic E-state index is 12.7. The average Bonchev–Trinajstić information content (AvgIpc) is 3.01. The second-order valence-electron chi connectivity index (χ2n) is 6.79. The Morgan fingerprint density at radius 1 is 1.26 bits per heavy atom. The van der Waals surface area contributed by atoms with Gasteiger partial charge in [0.05, 0.1) is 23.9 Å². The normalized spacial score (nSPS) is 11.3. The zero-order valence-corrected chi connectivity index (χ0v) is 16.2. The molecule has 0 saturated heterocycles. The van der Waals surface area contributed by atoms with Gasteiger partial charge in [0.25, 0.3) is 5.56 Å². The molecule has 0 unspecified atom stereocenters. The highest BCUT2D eigenvalue weighted by molar-refractivity contribution is 7.19. The summed E-state index contributed by atoms with van der Waals surface area (Å²) in [5, 5.41) is 19.8. The summed E-state index contributed by atoms with van der Waals surface area (Å²) in [6.45, 7) is 4.37. The van der Waals surface area contributed by atoms with Crippen LogP contribution in [0, 0.1) is 5.92 Å². The van der Waals surface area contributed by atoms with E-state index in [1.807, 2.05) is 18.2 Å². The third-order valence-corrected chi connectivity index (χ3v) is 5.45. The number of methoxy groups -OCH3 is 1. The van der Waals surface area contributed by atoms with Crippen LogP contribution in [-0.2, 0) is 13.0 Å². The molecule has 0 aliphatic heterocycles. The number of ether oxygens (including phenoxy) is 1. The third kappa shape index (κ3) is 3.68. The predicted molar refractivity (Wildman–Crippen MR) is 105 cm³/mol. The smallest absolute Gasteiger partial charge is 0.341 e. The fourth-order valence-corrected chi connectivity index (χ4v) is 4.44. The number of aromatic nitrogens is 1. The van der Waals surface area contributed by atoms with E-state index in [4.69, 9.17) is 4.74 Å². The van der Waals surface area contributed by atoms with E-state index in [-0.39, 0.29) is 12.1 Å². The molecule has 0 spiro atoms. The van der Waals surface area contributed by atoms with Gasteiger partial charge in [-0.25, -0.2) is 4.79 Å². The van der Waals surface area contributed by atoms with Gasteiger partial charge in [-0.15, -0.1) is 11.3 Å². The number of pyridine rings is 1. The van der Waals surface area contributed by atoms with Crippen molar-refractivity contribution in [3.63, 3.8) is 0 Å². The van der Waals surface area contributed by atoms with Gasteiger partial charge in [0.15, 0.2) is 5.75 Å². The monoisotopic (exact) mass is 387 g/mol. The van der Waals surface area contributed by atoms with Gasteiger partial charge in [0, 0.05) is 4.88 Å². The molecule has 2 heterocycles. The number of nitrogens with zero attached hydrogens (tertiary/aromatic N) is 1. The van der Waals surface area contributed by atoms with Crippen molar-refractivity contribution in [2.75, 3.05) is 7.11 Å². The van der Waals surface area contributed by atoms with Crippen molar-refractivity contribution in [1.82, 2.24) is 4.57 Å². The zero-order chi connectivity index (χ0) is 19.7. The van der Waals surface area contributed by atoms with Gasteiger partial charge in [0.2, 0.25) is 0 Å². The highest BCUT2D eigenvalue weighted by atomic mass is 32.1. The maximum Gasteiger partial charge on any atom is 0.341 e. The lowest BCUT2D eigenvalue weighted by Crippen LogP contribution is -2.22. The number of aromatic carboxylic acids is 1. The number of aromatic hydroxyl groups is 1. The Labute approximate surface area is 160 Å². The van der Waals surface area contributed by atoms with Crippen molar-refractivity contribution in [1.29, 1.82) is 0 Å². The Morgan fingerprint density at radius 3 is 2.48 bits per heavy atom. The summed E-state index contributed by atoms with van der Waals surface area (Å²) in [4.78, 5) is 25.3. The largest absolute Gasteiger partial charge is 0.502 e. The number of fused-ring (bicyclic) bond motifs is 1. The van der Waals surface area contributed by atoms with E-state index in [2.05, 4.69) is 13.8 Å². The molecule has 0 atom stereocenters. The minimum atomic E-state index is -1.30. The van der Waals surface area contributed by atoms with Crippen molar-refractivity contribution in [2.45, 2.75) is 26.8 Å². The highest BCUT2D eigenvalue weighted by Gasteiger charge is 2.23. The third-order valence-electron chi connectivity index (χ3n) is 4.29. The molecule has 0 aliphatic rings. The number of carboxylic acids is 1. The maximum atomic E-state index is 12.7. The standard InChI is InChI=1S/C20H21NO5S/c1-11(2)8-14-9-15-18(27-14)16(20(24)25)17(22)19(23)21(15)10-12-4-6-13(26-3)7-5-12/h4-7,9,11,22H,8,10H2,1-3H3,(H,24,25). The van der Waals surface area contributed by atoms with Crippen LogP contribution < -0.4 is 10.3 Å². The number of hydrogen-bond acceptors (Lipinski definition) is 5. The molecule has 0 fully saturated rings. The summed E-state index contributed by atoms with van der Waals surface area (Å²) in [5.74, 6) is -0.928. The van der Waals surface area contributed by atoms with Crippen LogP contribution in [-0.4, -0.2) is 27.9 Å². The number of hydrogen-bond donors (Lipinski definition) is 2. The Kier molecular flexibility index (Phi) is 5.23. The molecule has 0 aliphatic carbocycles.